The fourth-order valence-corrected chi connectivity index (χ4v) is 3.68. The summed E-state index contributed by atoms with van der Waals surface area (Å²) in [5.41, 5.74) is 5.68. The maximum Gasteiger partial charge on any atom is 0.271 e. The van der Waals surface area contributed by atoms with Crippen molar-refractivity contribution in [1.82, 2.24) is 15.2 Å². The Morgan fingerprint density at radius 1 is 1.13 bits per heavy atom. The third-order valence-corrected chi connectivity index (χ3v) is 5.35. The Kier molecular flexibility index (Phi) is 6.54. The minimum atomic E-state index is -0.286. The van der Waals surface area contributed by atoms with E-state index in [0.717, 1.165) is 34.0 Å². The second-order valence-electron chi connectivity index (χ2n) is 6.76. The number of aromatic nitrogens is 2. The smallest absolute Gasteiger partial charge is 0.271 e. The van der Waals surface area contributed by atoms with Crippen LogP contribution >= 0.6 is 11.3 Å². The molecule has 7 heteroatoms. The summed E-state index contributed by atoms with van der Waals surface area (Å²) in [4.78, 5) is 13.4. The number of hydrogen-bond acceptors (Lipinski definition) is 5. The molecule has 0 fully saturated rings. The van der Waals surface area contributed by atoms with Gasteiger partial charge in [0.15, 0.2) is 0 Å². The van der Waals surface area contributed by atoms with Gasteiger partial charge in [0, 0.05) is 17.3 Å². The molecule has 2 aromatic carbocycles. The number of nitrogens with one attached hydrogen (secondary N) is 1. The summed E-state index contributed by atoms with van der Waals surface area (Å²) in [6.45, 7) is 2.70. The highest BCUT2D eigenvalue weighted by atomic mass is 32.1. The number of carbonyl (C=O) groups excluding carboxylic acids is 1. The monoisotopic (exact) mass is 430 g/mol. The molecule has 0 saturated carbocycles. The van der Waals surface area contributed by atoms with E-state index in [1.165, 1.54) is 0 Å². The first-order valence-electron chi connectivity index (χ1n) is 10.00. The van der Waals surface area contributed by atoms with Crippen LogP contribution in [0.15, 0.2) is 83.4 Å². The SMILES string of the molecule is CCCOc1ccc(C(=O)N/N=C\c2cn(-c3ccccc3)nc2-c2cccs2)cc1. The summed E-state index contributed by atoms with van der Waals surface area (Å²) in [6.07, 6.45) is 4.46. The molecule has 0 unspecified atom stereocenters. The number of hydrazone groups is 1. The van der Waals surface area contributed by atoms with Crippen LogP contribution in [-0.4, -0.2) is 28.5 Å². The van der Waals surface area contributed by atoms with Gasteiger partial charge in [-0.1, -0.05) is 31.2 Å². The van der Waals surface area contributed by atoms with E-state index in [1.807, 2.05) is 65.6 Å². The van der Waals surface area contributed by atoms with Gasteiger partial charge in [0.25, 0.3) is 5.91 Å². The highest BCUT2D eigenvalue weighted by molar-refractivity contribution is 7.13. The first-order valence-corrected chi connectivity index (χ1v) is 10.9. The second-order valence-corrected chi connectivity index (χ2v) is 7.71. The molecular weight excluding hydrogens is 408 g/mol. The van der Waals surface area contributed by atoms with Gasteiger partial charge >= 0.3 is 0 Å². The molecule has 0 spiro atoms. The highest BCUT2D eigenvalue weighted by Crippen LogP contribution is 2.26. The molecule has 0 aliphatic rings. The van der Waals surface area contributed by atoms with E-state index in [4.69, 9.17) is 9.84 Å². The zero-order valence-corrected chi connectivity index (χ0v) is 17.9. The topological polar surface area (TPSA) is 68.5 Å². The number of amides is 1. The molecule has 0 radical (unpaired) electrons. The first-order chi connectivity index (χ1) is 15.2. The Hall–Kier alpha value is -3.71. The molecule has 0 aliphatic heterocycles. The molecule has 31 heavy (non-hydrogen) atoms. The van der Waals surface area contributed by atoms with Crippen LogP contribution in [-0.2, 0) is 0 Å². The van der Waals surface area contributed by atoms with Gasteiger partial charge in [0.2, 0.25) is 0 Å². The van der Waals surface area contributed by atoms with Gasteiger partial charge in [-0.2, -0.15) is 10.2 Å². The average molecular weight is 431 g/mol. The molecule has 4 rings (SSSR count). The number of nitrogens with zero attached hydrogens (tertiary/aromatic N) is 3. The number of thiophene rings is 1. The van der Waals surface area contributed by atoms with Crippen LogP contribution in [0.3, 0.4) is 0 Å². The number of hydrogen-bond donors (Lipinski definition) is 1. The minimum absolute atomic E-state index is 0.286. The molecule has 2 aromatic heterocycles. The zero-order valence-electron chi connectivity index (χ0n) is 17.1. The van der Waals surface area contributed by atoms with Gasteiger partial charge < -0.3 is 4.74 Å². The lowest BCUT2D eigenvalue weighted by Gasteiger charge is -2.05. The van der Waals surface area contributed by atoms with Crippen molar-refractivity contribution in [2.75, 3.05) is 6.61 Å². The molecule has 1 amide bonds. The third-order valence-electron chi connectivity index (χ3n) is 4.48. The molecule has 0 bridgehead atoms. The molecule has 2 heterocycles. The van der Waals surface area contributed by atoms with Crippen molar-refractivity contribution in [2.45, 2.75) is 13.3 Å². The Morgan fingerprint density at radius 3 is 2.65 bits per heavy atom. The van der Waals surface area contributed by atoms with Gasteiger partial charge in [-0.25, -0.2) is 10.1 Å². The van der Waals surface area contributed by atoms with Crippen LogP contribution in [0, 0.1) is 0 Å². The fourth-order valence-electron chi connectivity index (χ4n) is 2.95. The molecule has 4 aromatic rings. The molecular formula is C24H22N4O2S. The van der Waals surface area contributed by atoms with Crippen molar-refractivity contribution in [3.63, 3.8) is 0 Å². The van der Waals surface area contributed by atoms with Gasteiger partial charge in [0.05, 0.1) is 23.4 Å². The summed E-state index contributed by atoms with van der Waals surface area (Å²) in [7, 11) is 0. The van der Waals surface area contributed by atoms with Gasteiger partial charge in [0.1, 0.15) is 11.4 Å². The maximum absolute atomic E-state index is 12.4. The highest BCUT2D eigenvalue weighted by Gasteiger charge is 2.12. The van der Waals surface area contributed by atoms with E-state index in [0.29, 0.717) is 12.2 Å². The second kappa shape index (κ2) is 9.86. The normalized spacial score (nSPS) is 11.0. The van der Waals surface area contributed by atoms with E-state index < -0.39 is 0 Å². The molecule has 156 valence electrons. The number of para-hydroxylation sites is 1. The third kappa shape index (κ3) is 5.07. The summed E-state index contributed by atoms with van der Waals surface area (Å²) >= 11 is 1.61. The van der Waals surface area contributed by atoms with Gasteiger partial charge in [-0.3, -0.25) is 4.79 Å². The van der Waals surface area contributed by atoms with Crippen molar-refractivity contribution in [3.8, 4) is 22.0 Å². The quantitative estimate of drug-likeness (QED) is 0.310. The lowest BCUT2D eigenvalue weighted by Crippen LogP contribution is -2.17. The fraction of sp³-hybridized carbons (Fsp3) is 0.125. The lowest BCUT2D eigenvalue weighted by atomic mass is 10.2. The summed E-state index contributed by atoms with van der Waals surface area (Å²) in [6, 6.07) is 20.9. The van der Waals surface area contributed by atoms with Crippen LogP contribution < -0.4 is 10.2 Å². The standard InChI is InChI=1S/C24H22N4O2S/c1-2-14-30-21-12-10-18(11-13-21)24(29)26-25-16-19-17-28(20-7-4-3-5-8-20)27-23(19)22-9-6-15-31-22/h3-13,15-17H,2,14H2,1H3,(H,26,29)/b25-16-. The van der Waals surface area contributed by atoms with E-state index in [-0.39, 0.29) is 5.91 Å². The van der Waals surface area contributed by atoms with Crippen molar-refractivity contribution >= 4 is 23.5 Å². The van der Waals surface area contributed by atoms with Crippen molar-refractivity contribution in [3.05, 3.63) is 89.4 Å². The van der Waals surface area contributed by atoms with Crippen molar-refractivity contribution in [2.24, 2.45) is 5.10 Å². The van der Waals surface area contributed by atoms with Crippen LogP contribution in [0.4, 0.5) is 0 Å². The Balaban J connectivity index is 1.50. The average Bonchev–Trinajstić information content (AvgIpc) is 3.48. The Labute approximate surface area is 184 Å². The predicted molar refractivity (Wildman–Crippen MR) is 124 cm³/mol. The van der Waals surface area contributed by atoms with Crippen LogP contribution in [0.2, 0.25) is 0 Å². The summed E-state index contributed by atoms with van der Waals surface area (Å²) in [5.74, 6) is 0.460. The molecule has 1 N–H and O–H groups in total. The number of benzene rings is 2. The summed E-state index contributed by atoms with van der Waals surface area (Å²) in [5, 5.41) is 10.9. The van der Waals surface area contributed by atoms with Gasteiger partial charge in [-0.05, 0) is 54.3 Å². The molecule has 0 saturated heterocycles. The lowest BCUT2D eigenvalue weighted by molar-refractivity contribution is 0.0955. The van der Waals surface area contributed by atoms with Crippen molar-refractivity contribution in [1.29, 1.82) is 0 Å². The minimum Gasteiger partial charge on any atom is -0.494 e. The van der Waals surface area contributed by atoms with Crippen LogP contribution in [0.5, 0.6) is 5.75 Å². The number of carbonyl (C=O) groups is 1. The molecule has 0 atom stereocenters. The first kappa shape index (κ1) is 20.6. The maximum atomic E-state index is 12.4. The Bertz CT molecular complexity index is 1150. The number of rotatable bonds is 8. The van der Waals surface area contributed by atoms with Crippen molar-refractivity contribution < 1.29 is 9.53 Å². The summed E-state index contributed by atoms with van der Waals surface area (Å²) < 4.78 is 7.36. The van der Waals surface area contributed by atoms with E-state index in [9.17, 15) is 4.79 Å². The van der Waals surface area contributed by atoms with E-state index in [1.54, 1.807) is 41.8 Å². The van der Waals surface area contributed by atoms with E-state index >= 15 is 0 Å². The molecule has 0 aliphatic carbocycles. The largest absolute Gasteiger partial charge is 0.494 e. The molecule has 6 nitrogen and oxygen atoms in total. The number of ether oxygens (including phenoxy) is 1. The zero-order chi connectivity index (χ0) is 21.5. The predicted octanol–water partition coefficient (Wildman–Crippen LogP) is 5.15. The Morgan fingerprint density at radius 2 is 1.94 bits per heavy atom. The van der Waals surface area contributed by atoms with Crippen LogP contribution in [0.25, 0.3) is 16.3 Å². The van der Waals surface area contributed by atoms with Gasteiger partial charge in [-0.15, -0.1) is 11.3 Å². The van der Waals surface area contributed by atoms with Crippen LogP contribution in [0.1, 0.15) is 29.3 Å². The van der Waals surface area contributed by atoms with E-state index in [2.05, 4.69) is 10.5 Å².